The van der Waals surface area contributed by atoms with Gasteiger partial charge < -0.3 is 14.8 Å². The van der Waals surface area contributed by atoms with Crippen molar-refractivity contribution in [2.24, 2.45) is 0 Å². The van der Waals surface area contributed by atoms with Crippen LogP contribution in [0.2, 0.25) is 0 Å². The first-order valence-electron chi connectivity index (χ1n) is 6.42. The zero-order valence-corrected chi connectivity index (χ0v) is 10.7. The van der Waals surface area contributed by atoms with Crippen molar-refractivity contribution in [2.45, 2.75) is 32.4 Å². The van der Waals surface area contributed by atoms with Gasteiger partial charge in [-0.2, -0.15) is 0 Å². The number of hydrogen-bond acceptors (Lipinski definition) is 4. The molecule has 0 aliphatic carbocycles. The van der Waals surface area contributed by atoms with Crippen LogP contribution in [0, 0.1) is 0 Å². The largest absolute Gasteiger partial charge is 0.478 e. The summed E-state index contributed by atoms with van der Waals surface area (Å²) in [6.07, 6.45) is 3.87. The van der Waals surface area contributed by atoms with Crippen LogP contribution in [-0.2, 0) is 6.54 Å². The van der Waals surface area contributed by atoms with Gasteiger partial charge in [0.1, 0.15) is 12.0 Å². The van der Waals surface area contributed by atoms with E-state index in [0.717, 1.165) is 6.54 Å². The number of nitrogens with zero attached hydrogens (tertiary/aromatic N) is 1. The molecule has 1 aliphatic rings. The minimum Gasteiger partial charge on any atom is -0.478 e. The van der Waals surface area contributed by atoms with Crippen LogP contribution >= 0.6 is 0 Å². The molecule has 1 atom stereocenters. The molecular weight excluding hydrogens is 232 g/mol. The normalized spacial score (nSPS) is 18.1. The second-order valence-electron chi connectivity index (χ2n) is 4.83. The molecule has 0 bridgehead atoms. The predicted octanol–water partition coefficient (Wildman–Crippen LogP) is 1.55. The first-order valence-corrected chi connectivity index (χ1v) is 6.42. The van der Waals surface area contributed by atoms with E-state index in [9.17, 15) is 4.79 Å². The van der Waals surface area contributed by atoms with Gasteiger partial charge in [0.2, 0.25) is 0 Å². The summed E-state index contributed by atoms with van der Waals surface area (Å²) in [5.74, 6) is -0.281. The SMILES string of the molecule is CC(CNCc1cc(C(=O)O)co1)N1CCCC1. The summed E-state index contributed by atoms with van der Waals surface area (Å²) >= 11 is 0. The summed E-state index contributed by atoms with van der Waals surface area (Å²) in [5, 5.41) is 12.1. The molecule has 0 aromatic carbocycles. The average molecular weight is 252 g/mol. The standard InChI is InChI=1S/C13H20N2O3/c1-10(15-4-2-3-5-15)7-14-8-12-6-11(9-18-12)13(16)17/h6,9-10,14H,2-5,7-8H2,1H3,(H,16,17). The Kier molecular flexibility index (Phi) is 4.38. The predicted molar refractivity (Wildman–Crippen MR) is 67.6 cm³/mol. The molecule has 0 saturated carbocycles. The number of nitrogens with one attached hydrogen (secondary N) is 1. The van der Waals surface area contributed by atoms with Crippen LogP contribution in [0.25, 0.3) is 0 Å². The number of carboxylic acids is 1. The van der Waals surface area contributed by atoms with Crippen LogP contribution in [0.15, 0.2) is 16.7 Å². The van der Waals surface area contributed by atoms with E-state index < -0.39 is 5.97 Å². The molecule has 2 rings (SSSR count). The summed E-state index contributed by atoms with van der Waals surface area (Å²) in [6.45, 7) is 6.05. The Morgan fingerprint density at radius 3 is 2.89 bits per heavy atom. The molecule has 1 saturated heterocycles. The lowest BCUT2D eigenvalue weighted by Crippen LogP contribution is -2.38. The third kappa shape index (κ3) is 3.34. The van der Waals surface area contributed by atoms with Crippen molar-refractivity contribution in [1.82, 2.24) is 10.2 Å². The molecule has 5 nitrogen and oxygen atoms in total. The Hall–Kier alpha value is -1.33. The van der Waals surface area contributed by atoms with E-state index in [1.54, 1.807) is 6.07 Å². The first-order chi connectivity index (χ1) is 8.66. The fraction of sp³-hybridized carbons (Fsp3) is 0.615. The van der Waals surface area contributed by atoms with Gasteiger partial charge in [-0.1, -0.05) is 0 Å². The zero-order chi connectivity index (χ0) is 13.0. The molecule has 0 spiro atoms. The Bertz CT molecular complexity index is 397. The molecule has 1 fully saturated rings. The first kappa shape index (κ1) is 13.1. The number of likely N-dealkylation sites (tertiary alicyclic amines) is 1. The van der Waals surface area contributed by atoms with Gasteiger partial charge in [-0.25, -0.2) is 4.79 Å². The lowest BCUT2D eigenvalue weighted by molar-refractivity contribution is 0.0696. The number of carboxylic acid groups (broad SMARTS) is 1. The number of hydrogen-bond donors (Lipinski definition) is 2. The summed E-state index contributed by atoms with van der Waals surface area (Å²) in [4.78, 5) is 13.2. The van der Waals surface area contributed by atoms with E-state index in [-0.39, 0.29) is 5.56 Å². The maximum Gasteiger partial charge on any atom is 0.338 e. The second-order valence-corrected chi connectivity index (χ2v) is 4.83. The van der Waals surface area contributed by atoms with Gasteiger partial charge in [0.05, 0.1) is 12.1 Å². The zero-order valence-electron chi connectivity index (χ0n) is 10.7. The van der Waals surface area contributed by atoms with E-state index in [1.165, 1.54) is 32.2 Å². The number of aromatic carboxylic acids is 1. The van der Waals surface area contributed by atoms with E-state index in [4.69, 9.17) is 9.52 Å². The van der Waals surface area contributed by atoms with Crippen molar-refractivity contribution in [2.75, 3.05) is 19.6 Å². The van der Waals surface area contributed by atoms with Crippen molar-refractivity contribution >= 4 is 5.97 Å². The Balaban J connectivity index is 1.72. The highest BCUT2D eigenvalue weighted by atomic mass is 16.4. The second kappa shape index (κ2) is 6.02. The lowest BCUT2D eigenvalue weighted by atomic mass is 10.3. The highest BCUT2D eigenvalue weighted by Crippen LogP contribution is 2.11. The number of rotatable bonds is 6. The molecule has 100 valence electrons. The minimum atomic E-state index is -0.949. The maximum absolute atomic E-state index is 10.7. The summed E-state index contributed by atoms with van der Waals surface area (Å²) in [6, 6.07) is 2.08. The molecule has 1 aromatic rings. The highest BCUT2D eigenvalue weighted by Gasteiger charge is 2.17. The van der Waals surface area contributed by atoms with E-state index in [1.807, 2.05) is 0 Å². The quantitative estimate of drug-likeness (QED) is 0.804. The van der Waals surface area contributed by atoms with Gasteiger partial charge in [-0.3, -0.25) is 4.90 Å². The van der Waals surface area contributed by atoms with Gasteiger partial charge in [-0.15, -0.1) is 0 Å². The molecule has 0 radical (unpaired) electrons. The molecule has 1 unspecified atom stereocenters. The molecule has 0 amide bonds. The monoisotopic (exact) mass is 252 g/mol. The number of carbonyl (C=O) groups is 1. The van der Waals surface area contributed by atoms with E-state index in [2.05, 4.69) is 17.1 Å². The molecule has 1 aromatic heterocycles. The molecule has 2 heterocycles. The van der Waals surface area contributed by atoms with Crippen LogP contribution in [-0.4, -0.2) is 41.7 Å². The highest BCUT2D eigenvalue weighted by molar-refractivity contribution is 5.87. The number of furan rings is 1. The molecule has 5 heteroatoms. The van der Waals surface area contributed by atoms with Crippen molar-refractivity contribution < 1.29 is 14.3 Å². The molecule has 18 heavy (non-hydrogen) atoms. The van der Waals surface area contributed by atoms with E-state index in [0.29, 0.717) is 18.3 Å². The minimum absolute atomic E-state index is 0.208. The van der Waals surface area contributed by atoms with Gasteiger partial charge in [0, 0.05) is 12.6 Å². The third-order valence-corrected chi connectivity index (χ3v) is 3.40. The summed E-state index contributed by atoms with van der Waals surface area (Å²) < 4.78 is 5.18. The molecule has 2 N–H and O–H groups in total. The Morgan fingerprint density at radius 2 is 2.28 bits per heavy atom. The van der Waals surface area contributed by atoms with Gasteiger partial charge >= 0.3 is 5.97 Å². The van der Waals surface area contributed by atoms with Gasteiger partial charge in [0.25, 0.3) is 0 Å². The maximum atomic E-state index is 10.7. The van der Waals surface area contributed by atoms with Crippen LogP contribution in [0.4, 0.5) is 0 Å². The fourth-order valence-electron chi connectivity index (χ4n) is 2.30. The summed E-state index contributed by atoms with van der Waals surface area (Å²) in [5.41, 5.74) is 0.208. The average Bonchev–Trinajstić information content (AvgIpc) is 3.00. The van der Waals surface area contributed by atoms with Gasteiger partial charge in [0.15, 0.2) is 0 Å². The van der Waals surface area contributed by atoms with Crippen molar-refractivity contribution in [1.29, 1.82) is 0 Å². The molecule has 1 aliphatic heterocycles. The topological polar surface area (TPSA) is 65.7 Å². The van der Waals surface area contributed by atoms with Crippen LogP contribution in [0.1, 0.15) is 35.9 Å². The van der Waals surface area contributed by atoms with Gasteiger partial charge in [-0.05, 0) is 38.9 Å². The fourth-order valence-corrected chi connectivity index (χ4v) is 2.30. The van der Waals surface area contributed by atoms with Crippen LogP contribution < -0.4 is 5.32 Å². The summed E-state index contributed by atoms with van der Waals surface area (Å²) in [7, 11) is 0. The Morgan fingerprint density at radius 1 is 1.56 bits per heavy atom. The van der Waals surface area contributed by atoms with Crippen molar-refractivity contribution in [3.63, 3.8) is 0 Å². The molecular formula is C13H20N2O3. The smallest absolute Gasteiger partial charge is 0.338 e. The Labute approximate surface area is 107 Å². The van der Waals surface area contributed by atoms with Crippen molar-refractivity contribution in [3.05, 3.63) is 23.7 Å². The van der Waals surface area contributed by atoms with E-state index >= 15 is 0 Å². The van der Waals surface area contributed by atoms with Crippen LogP contribution in [0.5, 0.6) is 0 Å². The van der Waals surface area contributed by atoms with Crippen LogP contribution in [0.3, 0.4) is 0 Å². The van der Waals surface area contributed by atoms with Crippen molar-refractivity contribution in [3.8, 4) is 0 Å². The third-order valence-electron chi connectivity index (χ3n) is 3.40. The lowest BCUT2D eigenvalue weighted by Gasteiger charge is -2.23.